The molecule has 1 aliphatic carbocycles. The fourth-order valence-electron chi connectivity index (χ4n) is 4.01. The molecule has 0 spiro atoms. The van der Waals surface area contributed by atoms with E-state index in [1.807, 2.05) is 26.0 Å². The zero-order chi connectivity index (χ0) is 29.3. The summed E-state index contributed by atoms with van der Waals surface area (Å²) in [7, 11) is 1.00. The smallest absolute Gasteiger partial charge is 0.326 e. The number of carboxylic acid groups (broad SMARTS) is 1. The van der Waals surface area contributed by atoms with E-state index in [0.717, 1.165) is 31.2 Å². The molecule has 0 unspecified atom stereocenters. The van der Waals surface area contributed by atoms with Crippen molar-refractivity contribution in [2.24, 2.45) is 11.7 Å². The van der Waals surface area contributed by atoms with E-state index in [1.54, 1.807) is 12.1 Å². The number of benzene rings is 1. The average molecular weight is 565 g/mol. The van der Waals surface area contributed by atoms with Crippen LogP contribution in [0.25, 0.3) is 0 Å². The van der Waals surface area contributed by atoms with Gasteiger partial charge in [-0.25, -0.2) is 9.59 Å². The number of aliphatic carboxylic acids is 1. The Morgan fingerprint density at radius 3 is 2.05 bits per heavy atom. The normalized spacial score (nSPS) is 14.0. The number of urea groups is 1. The van der Waals surface area contributed by atoms with Crippen LogP contribution in [0.15, 0.2) is 24.3 Å². The Bertz CT molecular complexity index is 751. The highest BCUT2D eigenvalue weighted by Gasteiger charge is 2.27. The average Bonchev–Trinajstić information content (AvgIpc) is 2.95. The van der Waals surface area contributed by atoms with Crippen LogP contribution in [0.2, 0.25) is 5.02 Å². The van der Waals surface area contributed by atoms with E-state index in [0.29, 0.717) is 57.6 Å². The fraction of sp³-hybridized carbons (Fsp3) is 0.667. The third-order valence-electron chi connectivity index (χ3n) is 5.85. The third kappa shape index (κ3) is 17.1. The highest BCUT2D eigenvalue weighted by atomic mass is 35.5. The van der Waals surface area contributed by atoms with Crippen molar-refractivity contribution in [3.05, 3.63) is 34.9 Å². The first-order chi connectivity index (χ1) is 18.4. The summed E-state index contributed by atoms with van der Waals surface area (Å²) >= 11 is 5.90. The number of hydrogen-bond donors (Lipinski definition) is 5. The van der Waals surface area contributed by atoms with Gasteiger partial charge in [0.2, 0.25) is 5.91 Å². The molecule has 6 N–H and O–H groups in total. The summed E-state index contributed by atoms with van der Waals surface area (Å²) in [5.41, 5.74) is 6.36. The van der Waals surface area contributed by atoms with Gasteiger partial charge >= 0.3 is 12.0 Å². The number of carbonyl (C=O) groups excluding carboxylic acids is 2. The Kier molecular flexibility index (Phi) is 24.7. The summed E-state index contributed by atoms with van der Waals surface area (Å²) in [4.78, 5) is 37.0. The maximum absolute atomic E-state index is 12.9. The number of unbranched alkanes of at least 4 members (excludes halogenated alkanes) is 1. The van der Waals surface area contributed by atoms with Gasteiger partial charge in [-0.3, -0.25) is 13.6 Å². The largest absolute Gasteiger partial charge is 0.480 e. The van der Waals surface area contributed by atoms with E-state index in [-0.39, 0.29) is 12.3 Å². The summed E-state index contributed by atoms with van der Waals surface area (Å²) in [5.74, 6) is -1.03. The van der Waals surface area contributed by atoms with Crippen molar-refractivity contribution in [2.75, 3.05) is 20.9 Å². The second kappa shape index (κ2) is 24.9. The Balaban J connectivity index is 0. The van der Waals surface area contributed by atoms with Gasteiger partial charge in [0, 0.05) is 11.6 Å². The number of rotatable bonds is 12. The SMILES string of the molecule is CC.CF.CF.NCCCC[C@H](NC(=O)N[C@H](CC1CCCCC1)C(=O)NCc1ccc(Cl)cc1)C(=O)O. The van der Waals surface area contributed by atoms with Gasteiger partial charge in [-0.05, 0) is 55.8 Å². The van der Waals surface area contributed by atoms with Crippen LogP contribution in [0.4, 0.5) is 13.6 Å². The minimum Gasteiger partial charge on any atom is -0.480 e. The maximum Gasteiger partial charge on any atom is 0.326 e. The molecule has 8 nitrogen and oxygen atoms in total. The van der Waals surface area contributed by atoms with Gasteiger partial charge in [0.1, 0.15) is 12.1 Å². The number of nitrogens with one attached hydrogen (secondary N) is 3. The minimum atomic E-state index is -1.10. The molecule has 0 bridgehead atoms. The molecule has 1 fully saturated rings. The molecule has 0 radical (unpaired) electrons. The van der Waals surface area contributed by atoms with Crippen LogP contribution in [-0.2, 0) is 16.1 Å². The highest BCUT2D eigenvalue weighted by molar-refractivity contribution is 6.30. The zero-order valence-corrected chi connectivity index (χ0v) is 24.0. The van der Waals surface area contributed by atoms with Crippen LogP contribution < -0.4 is 21.7 Å². The molecule has 11 heteroatoms. The Morgan fingerprint density at radius 1 is 0.974 bits per heavy atom. The summed E-state index contributed by atoms with van der Waals surface area (Å²) in [6, 6.07) is 4.77. The van der Waals surface area contributed by atoms with Crippen LogP contribution >= 0.6 is 11.6 Å². The van der Waals surface area contributed by atoms with Gasteiger partial charge in [-0.15, -0.1) is 0 Å². The predicted octanol–water partition coefficient (Wildman–Crippen LogP) is 5.37. The molecule has 3 amide bonds. The number of hydrogen-bond acceptors (Lipinski definition) is 4. The molecular formula is C27H47ClF2N4O4. The zero-order valence-electron chi connectivity index (χ0n) is 23.2. The number of amides is 3. The van der Waals surface area contributed by atoms with E-state index in [1.165, 1.54) is 6.42 Å². The van der Waals surface area contributed by atoms with E-state index in [4.69, 9.17) is 17.3 Å². The number of nitrogens with two attached hydrogens (primary N) is 1. The molecule has 1 aromatic carbocycles. The van der Waals surface area contributed by atoms with E-state index in [9.17, 15) is 28.3 Å². The Hall–Kier alpha value is -2.46. The number of alkyl halides is 2. The molecule has 0 saturated heterocycles. The first-order valence-corrected chi connectivity index (χ1v) is 13.5. The van der Waals surface area contributed by atoms with Crippen molar-refractivity contribution in [3.8, 4) is 0 Å². The Morgan fingerprint density at radius 2 is 1.53 bits per heavy atom. The second-order valence-electron chi connectivity index (χ2n) is 8.43. The molecule has 220 valence electrons. The molecule has 0 heterocycles. The van der Waals surface area contributed by atoms with Crippen molar-refractivity contribution >= 4 is 29.5 Å². The number of halogens is 3. The third-order valence-corrected chi connectivity index (χ3v) is 6.10. The number of carboxylic acids is 1. The molecular weight excluding hydrogens is 518 g/mol. The monoisotopic (exact) mass is 564 g/mol. The lowest BCUT2D eigenvalue weighted by atomic mass is 9.84. The molecule has 1 aliphatic rings. The molecule has 1 aromatic rings. The minimum absolute atomic E-state index is 0.282. The molecule has 38 heavy (non-hydrogen) atoms. The van der Waals surface area contributed by atoms with Crippen LogP contribution in [0.1, 0.15) is 77.2 Å². The van der Waals surface area contributed by atoms with E-state index >= 15 is 0 Å². The quantitative estimate of drug-likeness (QED) is 0.217. The second-order valence-corrected chi connectivity index (χ2v) is 8.87. The standard InChI is InChI=1S/C23H35ClN4O4.C2H6.2CH3F/c24-18-11-9-17(10-12-18)15-26-21(29)20(14-16-6-2-1-3-7-16)28-23(32)27-19(22(30)31)8-4-5-13-25;3*1-2/h9-12,16,19-20H,1-8,13-15,25H2,(H,26,29)(H,30,31)(H2,27,28,32);1-2H3;2*1H3/t19-,20+;;;/m0.../s1. The van der Waals surface area contributed by atoms with E-state index in [2.05, 4.69) is 16.0 Å². The van der Waals surface area contributed by atoms with Crippen LogP contribution in [0.3, 0.4) is 0 Å². The van der Waals surface area contributed by atoms with Crippen molar-refractivity contribution < 1.29 is 28.3 Å². The van der Waals surface area contributed by atoms with Gasteiger partial charge in [-0.2, -0.15) is 0 Å². The highest BCUT2D eigenvalue weighted by Crippen LogP contribution is 2.27. The molecule has 2 rings (SSSR count). The van der Waals surface area contributed by atoms with Crippen molar-refractivity contribution in [3.63, 3.8) is 0 Å². The topological polar surface area (TPSA) is 134 Å². The lowest BCUT2D eigenvalue weighted by Crippen LogP contribution is -2.53. The summed E-state index contributed by atoms with van der Waals surface area (Å²) in [5, 5.41) is 18.1. The van der Waals surface area contributed by atoms with Gasteiger partial charge in [0.05, 0.1) is 14.4 Å². The number of carbonyl (C=O) groups is 3. The summed E-state index contributed by atoms with van der Waals surface area (Å²) in [6.45, 7) is 4.78. The van der Waals surface area contributed by atoms with E-state index < -0.39 is 24.1 Å². The van der Waals surface area contributed by atoms with Crippen LogP contribution in [0.5, 0.6) is 0 Å². The lowest BCUT2D eigenvalue weighted by Gasteiger charge is -2.27. The van der Waals surface area contributed by atoms with Gasteiger partial charge in [-0.1, -0.05) is 69.7 Å². The van der Waals surface area contributed by atoms with Crippen LogP contribution in [0, 0.1) is 5.92 Å². The fourth-order valence-corrected chi connectivity index (χ4v) is 4.14. The van der Waals surface area contributed by atoms with Gasteiger partial charge < -0.3 is 26.8 Å². The molecule has 0 aliphatic heterocycles. The molecule has 1 saturated carbocycles. The molecule has 0 aromatic heterocycles. The molecule has 2 atom stereocenters. The maximum atomic E-state index is 12.9. The first-order valence-electron chi connectivity index (χ1n) is 13.2. The Labute approximate surface area is 231 Å². The van der Waals surface area contributed by atoms with Crippen molar-refractivity contribution in [1.82, 2.24) is 16.0 Å². The first kappa shape index (κ1) is 37.7. The summed E-state index contributed by atoms with van der Waals surface area (Å²) in [6.07, 6.45) is 7.60. The van der Waals surface area contributed by atoms with Crippen molar-refractivity contribution in [2.45, 2.75) is 90.3 Å². The van der Waals surface area contributed by atoms with Crippen molar-refractivity contribution in [1.29, 1.82) is 0 Å². The van der Waals surface area contributed by atoms with Crippen LogP contribution in [-0.4, -0.2) is 56.0 Å². The lowest BCUT2D eigenvalue weighted by molar-refractivity contribution is -0.139. The summed E-state index contributed by atoms with van der Waals surface area (Å²) < 4.78 is 19.0. The predicted molar refractivity (Wildman–Crippen MR) is 150 cm³/mol. The van der Waals surface area contributed by atoms with Gasteiger partial charge in [0.15, 0.2) is 0 Å². The van der Waals surface area contributed by atoms with Gasteiger partial charge in [0.25, 0.3) is 0 Å².